The molecule has 0 saturated heterocycles. The highest BCUT2D eigenvalue weighted by Gasteiger charge is 2.25. The molecular formula is C14H17N3O. The predicted molar refractivity (Wildman–Crippen MR) is 68.9 cm³/mol. The molecule has 1 unspecified atom stereocenters. The van der Waals surface area contributed by atoms with Crippen molar-refractivity contribution >= 4 is 0 Å². The summed E-state index contributed by atoms with van der Waals surface area (Å²) in [5, 5.41) is 7.37. The summed E-state index contributed by atoms with van der Waals surface area (Å²) >= 11 is 0. The van der Waals surface area contributed by atoms with Gasteiger partial charge in [-0.2, -0.15) is 5.10 Å². The molecule has 0 spiro atoms. The Bertz CT molecular complexity index is 547. The van der Waals surface area contributed by atoms with E-state index < -0.39 is 0 Å². The van der Waals surface area contributed by atoms with Gasteiger partial charge in [-0.15, -0.1) is 0 Å². The Hall–Kier alpha value is -1.84. The van der Waals surface area contributed by atoms with Crippen LogP contribution < -0.4 is 4.74 Å². The van der Waals surface area contributed by atoms with E-state index in [1.807, 2.05) is 18.2 Å². The molecule has 1 aliphatic heterocycles. The minimum atomic E-state index is 0.273. The Labute approximate surface area is 106 Å². The van der Waals surface area contributed by atoms with Gasteiger partial charge in [-0.1, -0.05) is 32.0 Å². The van der Waals surface area contributed by atoms with Gasteiger partial charge in [0.15, 0.2) is 5.82 Å². The van der Waals surface area contributed by atoms with Crippen LogP contribution in [0.15, 0.2) is 24.3 Å². The first kappa shape index (κ1) is 11.3. The zero-order valence-electron chi connectivity index (χ0n) is 10.7. The minimum absolute atomic E-state index is 0.273. The Morgan fingerprint density at radius 3 is 2.94 bits per heavy atom. The molecule has 0 bridgehead atoms. The molecule has 0 radical (unpaired) electrons. The van der Waals surface area contributed by atoms with Crippen molar-refractivity contribution in [3.05, 3.63) is 41.5 Å². The lowest BCUT2D eigenvalue weighted by Gasteiger charge is -2.23. The average molecular weight is 243 g/mol. The third-order valence-corrected chi connectivity index (χ3v) is 3.32. The average Bonchev–Trinajstić information content (AvgIpc) is 2.87. The second kappa shape index (κ2) is 4.44. The number of fused-ring (bicyclic) bond motifs is 1. The molecule has 1 aliphatic rings. The maximum Gasteiger partial charge on any atom is 0.153 e. The van der Waals surface area contributed by atoms with Gasteiger partial charge in [-0.05, 0) is 12.5 Å². The highest BCUT2D eigenvalue weighted by atomic mass is 16.5. The Morgan fingerprint density at radius 1 is 1.33 bits per heavy atom. The molecule has 4 nitrogen and oxygen atoms in total. The van der Waals surface area contributed by atoms with Crippen LogP contribution >= 0.6 is 0 Å². The van der Waals surface area contributed by atoms with Crippen LogP contribution in [0.3, 0.4) is 0 Å². The van der Waals surface area contributed by atoms with E-state index >= 15 is 0 Å². The van der Waals surface area contributed by atoms with E-state index in [9.17, 15) is 0 Å². The van der Waals surface area contributed by atoms with Gasteiger partial charge in [0.2, 0.25) is 0 Å². The summed E-state index contributed by atoms with van der Waals surface area (Å²) < 4.78 is 5.67. The summed E-state index contributed by atoms with van der Waals surface area (Å²) in [6.45, 7) is 4.94. The van der Waals surface area contributed by atoms with E-state index in [4.69, 9.17) is 4.74 Å². The van der Waals surface area contributed by atoms with E-state index in [2.05, 4.69) is 35.1 Å². The molecule has 0 aliphatic carbocycles. The fourth-order valence-electron chi connectivity index (χ4n) is 2.33. The van der Waals surface area contributed by atoms with Gasteiger partial charge in [-0.25, -0.2) is 4.98 Å². The predicted octanol–water partition coefficient (Wildman–Crippen LogP) is 2.84. The molecule has 4 heteroatoms. The Balaban J connectivity index is 1.97. The van der Waals surface area contributed by atoms with Gasteiger partial charge < -0.3 is 4.74 Å². The number of aromatic nitrogens is 3. The number of ether oxygens (including phenoxy) is 1. The molecule has 94 valence electrons. The molecule has 0 saturated carbocycles. The highest BCUT2D eigenvalue weighted by Crippen LogP contribution is 2.36. The largest absolute Gasteiger partial charge is 0.493 e. The van der Waals surface area contributed by atoms with Crippen LogP contribution in [0.5, 0.6) is 5.75 Å². The lowest BCUT2D eigenvalue weighted by atomic mass is 9.92. The highest BCUT2D eigenvalue weighted by molar-refractivity contribution is 5.40. The minimum Gasteiger partial charge on any atom is -0.493 e. The number of nitrogens with zero attached hydrogens (tertiary/aromatic N) is 2. The first-order valence-corrected chi connectivity index (χ1v) is 6.39. The van der Waals surface area contributed by atoms with Crippen molar-refractivity contribution < 1.29 is 4.74 Å². The van der Waals surface area contributed by atoms with Crippen molar-refractivity contribution in [2.24, 2.45) is 0 Å². The fraction of sp³-hybridized carbons (Fsp3) is 0.429. The van der Waals surface area contributed by atoms with Crippen LogP contribution in [0.2, 0.25) is 0 Å². The number of rotatable bonds is 2. The number of hydrogen-bond acceptors (Lipinski definition) is 3. The molecule has 0 amide bonds. The molecular weight excluding hydrogens is 226 g/mol. The van der Waals surface area contributed by atoms with Crippen molar-refractivity contribution in [2.45, 2.75) is 32.1 Å². The van der Waals surface area contributed by atoms with Gasteiger partial charge in [0, 0.05) is 11.5 Å². The smallest absolute Gasteiger partial charge is 0.153 e. The zero-order valence-corrected chi connectivity index (χ0v) is 10.7. The number of hydrogen-bond donors (Lipinski definition) is 1. The molecule has 1 N–H and O–H groups in total. The number of para-hydroxylation sites is 1. The first-order valence-electron chi connectivity index (χ1n) is 6.39. The van der Waals surface area contributed by atoms with Gasteiger partial charge in [0.25, 0.3) is 0 Å². The van der Waals surface area contributed by atoms with E-state index in [1.54, 1.807) is 0 Å². The molecule has 2 aromatic rings. The summed E-state index contributed by atoms with van der Waals surface area (Å²) in [6, 6.07) is 8.17. The van der Waals surface area contributed by atoms with Gasteiger partial charge in [0.1, 0.15) is 11.6 Å². The van der Waals surface area contributed by atoms with E-state index in [0.29, 0.717) is 5.92 Å². The summed E-state index contributed by atoms with van der Waals surface area (Å²) in [4.78, 5) is 4.61. The second-order valence-corrected chi connectivity index (χ2v) is 4.96. The number of H-pyrrole nitrogens is 1. The van der Waals surface area contributed by atoms with Crippen LogP contribution in [-0.4, -0.2) is 21.8 Å². The van der Waals surface area contributed by atoms with Crippen LogP contribution in [0.4, 0.5) is 0 Å². The topological polar surface area (TPSA) is 50.8 Å². The summed E-state index contributed by atoms with van der Waals surface area (Å²) in [6.07, 6.45) is 0.948. The maximum atomic E-state index is 5.67. The van der Waals surface area contributed by atoms with Crippen LogP contribution in [0.1, 0.15) is 49.3 Å². The SMILES string of the molecule is CC(C)c1n[nH]c(C2CCOc3ccccc32)n1. The lowest BCUT2D eigenvalue weighted by Crippen LogP contribution is -2.16. The molecule has 3 rings (SSSR count). The van der Waals surface area contributed by atoms with Gasteiger partial charge in [0.05, 0.1) is 12.5 Å². The Kier molecular flexibility index (Phi) is 2.78. The van der Waals surface area contributed by atoms with E-state index in [0.717, 1.165) is 30.4 Å². The van der Waals surface area contributed by atoms with E-state index in [1.165, 1.54) is 5.56 Å². The standard InChI is InChI=1S/C14H17N3O/c1-9(2)13-15-14(17-16-13)11-7-8-18-12-6-4-3-5-10(11)12/h3-6,9,11H,7-8H2,1-2H3,(H,15,16,17). The molecule has 0 fully saturated rings. The van der Waals surface area contributed by atoms with Crippen molar-refractivity contribution in [1.82, 2.24) is 15.2 Å². The third kappa shape index (κ3) is 1.88. The normalized spacial score (nSPS) is 18.5. The van der Waals surface area contributed by atoms with Crippen molar-refractivity contribution in [3.8, 4) is 5.75 Å². The van der Waals surface area contributed by atoms with Gasteiger partial charge in [-0.3, -0.25) is 5.10 Å². The van der Waals surface area contributed by atoms with Crippen molar-refractivity contribution in [1.29, 1.82) is 0 Å². The maximum absolute atomic E-state index is 5.67. The van der Waals surface area contributed by atoms with Crippen LogP contribution in [0, 0.1) is 0 Å². The van der Waals surface area contributed by atoms with E-state index in [-0.39, 0.29) is 5.92 Å². The second-order valence-electron chi connectivity index (χ2n) is 4.96. The molecule has 1 aromatic carbocycles. The van der Waals surface area contributed by atoms with Gasteiger partial charge >= 0.3 is 0 Å². The van der Waals surface area contributed by atoms with Crippen molar-refractivity contribution in [2.75, 3.05) is 6.61 Å². The lowest BCUT2D eigenvalue weighted by molar-refractivity contribution is 0.274. The zero-order chi connectivity index (χ0) is 12.5. The summed E-state index contributed by atoms with van der Waals surface area (Å²) in [7, 11) is 0. The number of aromatic amines is 1. The van der Waals surface area contributed by atoms with Crippen molar-refractivity contribution in [3.63, 3.8) is 0 Å². The summed E-state index contributed by atoms with van der Waals surface area (Å²) in [5.74, 6) is 3.43. The Morgan fingerprint density at radius 2 is 2.17 bits per heavy atom. The molecule has 2 heterocycles. The fourth-order valence-corrected chi connectivity index (χ4v) is 2.33. The number of benzene rings is 1. The monoisotopic (exact) mass is 243 g/mol. The molecule has 1 aromatic heterocycles. The van der Waals surface area contributed by atoms with Crippen LogP contribution in [0.25, 0.3) is 0 Å². The quantitative estimate of drug-likeness (QED) is 0.882. The molecule has 1 atom stereocenters. The number of nitrogens with one attached hydrogen (secondary N) is 1. The first-order chi connectivity index (χ1) is 8.75. The van der Waals surface area contributed by atoms with Crippen LogP contribution in [-0.2, 0) is 0 Å². The third-order valence-electron chi connectivity index (χ3n) is 3.32. The summed E-state index contributed by atoms with van der Waals surface area (Å²) in [5.41, 5.74) is 1.20. The molecule has 18 heavy (non-hydrogen) atoms.